The second-order valence-corrected chi connectivity index (χ2v) is 29.1. The summed E-state index contributed by atoms with van der Waals surface area (Å²) in [5.41, 5.74) is 3.19. The Morgan fingerprint density at radius 2 is 0.949 bits per heavy atom. The molecule has 7 aromatic rings. The Kier molecular flexibility index (Phi) is 27.6. The summed E-state index contributed by atoms with van der Waals surface area (Å²) in [6.45, 7) is 32.0. The minimum atomic E-state index is -4.61. The van der Waals surface area contributed by atoms with Crippen molar-refractivity contribution in [3.05, 3.63) is 235 Å². The highest BCUT2D eigenvalue weighted by molar-refractivity contribution is 6.12. The first-order chi connectivity index (χ1) is 45.8. The molecule has 0 N–H and O–H groups in total. The first kappa shape index (κ1) is 79.5. The van der Waals surface area contributed by atoms with Crippen molar-refractivity contribution in [2.45, 2.75) is 197 Å². The Bertz CT molecular complexity index is 3790. The largest absolute Gasteiger partial charge is 0.497 e. The van der Waals surface area contributed by atoms with Gasteiger partial charge in [-0.3, -0.25) is 14.4 Å². The topological polar surface area (TPSA) is 63.7 Å². The number of nitrogens with zero attached hydrogens (tertiary/aromatic N) is 1. The number of halogens is 9. The molecule has 8 rings (SSSR count). The van der Waals surface area contributed by atoms with E-state index in [9.17, 15) is 53.9 Å². The molecule has 14 heteroatoms. The fourth-order valence-corrected chi connectivity index (χ4v) is 13.8. The maximum absolute atomic E-state index is 13.9. The predicted molar refractivity (Wildman–Crippen MR) is 380 cm³/mol. The van der Waals surface area contributed by atoms with E-state index in [1.807, 2.05) is 76.9 Å². The van der Waals surface area contributed by atoms with Crippen molar-refractivity contribution in [1.29, 1.82) is 0 Å². The number of ketones is 3. The molecule has 4 unspecified atom stereocenters. The van der Waals surface area contributed by atoms with Crippen LogP contribution in [0.15, 0.2) is 152 Å². The van der Waals surface area contributed by atoms with Crippen molar-refractivity contribution in [1.82, 2.24) is 0 Å². The molecule has 0 aromatic heterocycles. The van der Waals surface area contributed by atoms with Crippen LogP contribution in [-0.4, -0.2) is 38.1 Å². The van der Waals surface area contributed by atoms with E-state index >= 15 is 0 Å². The van der Waals surface area contributed by atoms with E-state index in [1.54, 1.807) is 79.9 Å². The van der Waals surface area contributed by atoms with E-state index < -0.39 is 52.6 Å². The van der Waals surface area contributed by atoms with Gasteiger partial charge in [-0.25, -0.2) is 0 Å². The second kappa shape index (κ2) is 34.1. The van der Waals surface area contributed by atoms with Crippen LogP contribution < -0.4 is 9.64 Å². The molecule has 0 spiro atoms. The average molecular weight is 1360 g/mol. The minimum absolute atomic E-state index is 0.0214. The van der Waals surface area contributed by atoms with Crippen LogP contribution in [0.5, 0.6) is 5.75 Å². The van der Waals surface area contributed by atoms with Gasteiger partial charge in [-0.1, -0.05) is 207 Å². The highest BCUT2D eigenvalue weighted by Gasteiger charge is 2.40. The molecule has 530 valence electrons. The Morgan fingerprint density at radius 1 is 0.500 bits per heavy atom. The normalized spacial score (nSPS) is 15.2. The van der Waals surface area contributed by atoms with Gasteiger partial charge in [0, 0.05) is 52.7 Å². The van der Waals surface area contributed by atoms with Gasteiger partial charge in [0.15, 0.2) is 17.3 Å². The summed E-state index contributed by atoms with van der Waals surface area (Å²) in [7, 11) is 3.52. The SMILES string of the molecule is CC(C)CC(CC(C)c1ccc(C(F)(F)F)c(C(=O)c2ccccc2C(C)C)c1)C(C)C.CC(C)c1ccccc1C(=O)c1cc(N(C)CC(C)(C(C)C)C(C)C)ccc1C(F)(F)F.CCc1ccccc1C(=O)c1cc(C2CCCC(c3cccc(OC)c3)C2)ccc1C(F)(F)F. The van der Waals surface area contributed by atoms with Crippen molar-refractivity contribution in [2.75, 3.05) is 25.6 Å². The van der Waals surface area contributed by atoms with Crippen LogP contribution in [0.2, 0.25) is 0 Å². The number of aryl methyl sites for hydroxylation is 1. The zero-order valence-electron chi connectivity index (χ0n) is 60.3. The Balaban J connectivity index is 0.000000232. The molecule has 0 bridgehead atoms. The van der Waals surface area contributed by atoms with Crippen molar-refractivity contribution in [3.63, 3.8) is 0 Å². The third-order valence-electron chi connectivity index (χ3n) is 20.3. The molecule has 1 aliphatic rings. The number of methoxy groups -OCH3 is 1. The third-order valence-corrected chi connectivity index (χ3v) is 20.3. The van der Waals surface area contributed by atoms with Gasteiger partial charge in [-0.05, 0) is 191 Å². The standard InChI is InChI=1S/C29H29F3O2.C28H37F3O.C27H36F3NO/c1-3-19-8-4-5-13-25(19)28(33)26-18-23(14-15-27(26)29(30,31)32)21-10-6-9-20(16-21)22-11-7-12-24(17-22)34-2;1-17(2)14-22(18(3)4)15-20(7)21-12-13-26(28(29,30)31)25(16-21)27(32)24-11-9-8-10-23(24)19(5)6;1-17(2)21-11-9-10-12-22(21)25(32)23-15-20(13-14-24(23)27(28,29)30)31(8)16-26(7,18(3)4)19(5)6/h4-5,7-8,11-15,17-18,20-21H,3,6,9-10,16H2,1-2H3;8-13,16-20,22H,14-15H2,1-7H3;9-15,17-19H,16H2,1-8H3. The summed E-state index contributed by atoms with van der Waals surface area (Å²) in [5, 5.41) is 0. The molecule has 0 aliphatic heterocycles. The van der Waals surface area contributed by atoms with E-state index in [-0.39, 0.29) is 45.8 Å². The second-order valence-electron chi connectivity index (χ2n) is 29.1. The quantitative estimate of drug-likeness (QED) is 0.0472. The van der Waals surface area contributed by atoms with Crippen molar-refractivity contribution in [3.8, 4) is 5.75 Å². The molecular weight excluding hydrogens is 1260 g/mol. The van der Waals surface area contributed by atoms with Crippen molar-refractivity contribution < 1.29 is 58.6 Å². The van der Waals surface area contributed by atoms with Crippen LogP contribution in [0.25, 0.3) is 0 Å². The fourth-order valence-electron chi connectivity index (χ4n) is 13.8. The van der Waals surface area contributed by atoms with E-state index in [0.29, 0.717) is 70.9 Å². The lowest BCUT2D eigenvalue weighted by Crippen LogP contribution is -2.41. The van der Waals surface area contributed by atoms with Gasteiger partial charge in [0.25, 0.3) is 0 Å². The molecule has 1 fully saturated rings. The van der Waals surface area contributed by atoms with Gasteiger partial charge in [0.05, 0.1) is 23.8 Å². The molecule has 0 amide bonds. The van der Waals surface area contributed by atoms with Crippen LogP contribution in [0.1, 0.15) is 270 Å². The Hall–Kier alpha value is -7.48. The lowest BCUT2D eigenvalue weighted by Gasteiger charge is -2.41. The number of hydrogen-bond donors (Lipinski definition) is 0. The number of benzene rings is 7. The molecule has 0 saturated heterocycles. The van der Waals surface area contributed by atoms with Gasteiger partial charge in [-0.15, -0.1) is 0 Å². The lowest BCUT2D eigenvalue weighted by molar-refractivity contribution is -0.138. The number of hydrogen-bond acceptors (Lipinski definition) is 5. The number of rotatable bonds is 23. The third kappa shape index (κ3) is 20.1. The highest BCUT2D eigenvalue weighted by atomic mass is 19.4. The van der Waals surface area contributed by atoms with E-state index in [0.717, 1.165) is 90.3 Å². The molecule has 98 heavy (non-hydrogen) atoms. The molecular formula is C84H102F9NO4. The monoisotopic (exact) mass is 1360 g/mol. The first-order valence-electron chi connectivity index (χ1n) is 34.7. The van der Waals surface area contributed by atoms with Crippen molar-refractivity contribution >= 4 is 23.0 Å². The van der Waals surface area contributed by atoms with Gasteiger partial charge < -0.3 is 9.64 Å². The average Bonchev–Trinajstić information content (AvgIpc) is 0.793. The number of carbonyl (C=O) groups is 3. The molecule has 1 aliphatic carbocycles. The van der Waals surface area contributed by atoms with Gasteiger partial charge in [0.2, 0.25) is 0 Å². The Labute approximate surface area is 577 Å². The van der Waals surface area contributed by atoms with Gasteiger partial charge >= 0.3 is 18.5 Å². The first-order valence-corrected chi connectivity index (χ1v) is 34.7. The summed E-state index contributed by atoms with van der Waals surface area (Å²) in [5.74, 6) is 1.92. The Morgan fingerprint density at radius 3 is 1.42 bits per heavy atom. The minimum Gasteiger partial charge on any atom is -0.497 e. The van der Waals surface area contributed by atoms with Crippen molar-refractivity contribution in [2.24, 2.45) is 35.0 Å². The maximum atomic E-state index is 13.9. The molecule has 0 radical (unpaired) electrons. The number of anilines is 1. The lowest BCUT2D eigenvalue weighted by atomic mass is 9.70. The molecule has 5 nitrogen and oxygen atoms in total. The molecule has 4 atom stereocenters. The maximum Gasteiger partial charge on any atom is 0.417 e. The predicted octanol–water partition coefficient (Wildman–Crippen LogP) is 24.6. The van der Waals surface area contributed by atoms with Crippen LogP contribution in [0.3, 0.4) is 0 Å². The summed E-state index contributed by atoms with van der Waals surface area (Å²) in [4.78, 5) is 42.1. The molecule has 0 heterocycles. The van der Waals surface area contributed by atoms with Gasteiger partial charge in [-0.2, -0.15) is 39.5 Å². The van der Waals surface area contributed by atoms with Crippen LogP contribution in [0.4, 0.5) is 45.2 Å². The van der Waals surface area contributed by atoms with E-state index in [2.05, 4.69) is 75.3 Å². The van der Waals surface area contributed by atoms with E-state index in [4.69, 9.17) is 4.74 Å². The molecule has 1 saturated carbocycles. The number of alkyl halides is 9. The molecule has 7 aromatic carbocycles. The van der Waals surface area contributed by atoms with Crippen LogP contribution >= 0.6 is 0 Å². The number of carbonyl (C=O) groups excluding carboxylic acids is 3. The summed E-state index contributed by atoms with van der Waals surface area (Å²) < 4.78 is 130. The zero-order valence-corrected chi connectivity index (χ0v) is 60.3. The fraction of sp³-hybridized carbons (Fsp3) is 0.464. The summed E-state index contributed by atoms with van der Waals surface area (Å²) >= 11 is 0. The smallest absolute Gasteiger partial charge is 0.417 e. The van der Waals surface area contributed by atoms with Crippen LogP contribution in [0, 0.1) is 35.0 Å². The van der Waals surface area contributed by atoms with E-state index in [1.165, 1.54) is 29.8 Å². The van der Waals surface area contributed by atoms with Crippen LogP contribution in [-0.2, 0) is 24.9 Å². The summed E-state index contributed by atoms with van der Waals surface area (Å²) in [6, 6.07) is 41.0. The zero-order chi connectivity index (χ0) is 72.9. The number of ether oxygens (including phenoxy) is 1. The highest BCUT2D eigenvalue weighted by Crippen LogP contribution is 2.46. The van der Waals surface area contributed by atoms with Gasteiger partial charge in [0.1, 0.15) is 5.75 Å². The summed E-state index contributed by atoms with van der Waals surface area (Å²) in [6.07, 6.45) is -7.52.